The first-order chi connectivity index (χ1) is 14.9. The lowest BCUT2D eigenvalue weighted by atomic mass is 10.1. The molecule has 0 saturated heterocycles. The zero-order valence-corrected chi connectivity index (χ0v) is 17.3. The van der Waals surface area contributed by atoms with Crippen LogP contribution in [0.2, 0.25) is 0 Å². The number of hydrogen-bond acceptors (Lipinski definition) is 7. The summed E-state index contributed by atoms with van der Waals surface area (Å²) in [4.78, 5) is 8.82. The minimum absolute atomic E-state index is 0.121. The van der Waals surface area contributed by atoms with E-state index in [-0.39, 0.29) is 23.1 Å². The minimum atomic E-state index is -3.65. The Morgan fingerprint density at radius 1 is 1.13 bits per heavy atom. The average Bonchev–Trinajstić information content (AvgIpc) is 2.75. The van der Waals surface area contributed by atoms with E-state index in [1.165, 1.54) is 31.5 Å². The summed E-state index contributed by atoms with van der Waals surface area (Å²) in [6.07, 6.45) is 1.94. The lowest BCUT2D eigenvalue weighted by Crippen LogP contribution is -2.26. The number of methoxy groups -OCH3 is 1. The van der Waals surface area contributed by atoms with Crippen LogP contribution >= 0.6 is 0 Å². The highest BCUT2D eigenvalue weighted by Crippen LogP contribution is 2.33. The number of rotatable bonds is 2. The molecule has 0 saturated carbocycles. The van der Waals surface area contributed by atoms with Gasteiger partial charge in [0.25, 0.3) is 0 Å². The van der Waals surface area contributed by atoms with Crippen molar-refractivity contribution in [2.45, 2.75) is 11.3 Å². The van der Waals surface area contributed by atoms with Gasteiger partial charge in [-0.2, -0.15) is 9.37 Å². The van der Waals surface area contributed by atoms with Crippen LogP contribution in [-0.4, -0.2) is 38.6 Å². The first-order valence-corrected chi connectivity index (χ1v) is 10.9. The van der Waals surface area contributed by atoms with Gasteiger partial charge in [0.15, 0.2) is 11.6 Å². The number of nitrogens with one attached hydrogen (secondary N) is 3. The molecule has 4 bridgehead atoms. The van der Waals surface area contributed by atoms with Crippen molar-refractivity contribution in [3.05, 3.63) is 54.2 Å². The second-order valence-corrected chi connectivity index (χ2v) is 8.53. The maximum absolute atomic E-state index is 14.0. The van der Waals surface area contributed by atoms with Crippen molar-refractivity contribution in [3.63, 3.8) is 0 Å². The Labute approximate surface area is 177 Å². The van der Waals surface area contributed by atoms with Crippen LogP contribution in [0, 0.1) is 11.6 Å². The molecule has 1 aromatic heterocycles. The van der Waals surface area contributed by atoms with E-state index >= 15 is 0 Å². The number of fused-ring (bicyclic) bond motifs is 4. The van der Waals surface area contributed by atoms with Crippen molar-refractivity contribution in [1.29, 1.82) is 0 Å². The van der Waals surface area contributed by atoms with Crippen LogP contribution in [0.5, 0.6) is 5.75 Å². The average molecular weight is 447 g/mol. The molecule has 0 amide bonds. The highest BCUT2D eigenvalue weighted by atomic mass is 32.2. The summed E-state index contributed by atoms with van der Waals surface area (Å²) < 4.78 is 60.3. The second kappa shape index (κ2) is 8.44. The predicted octanol–water partition coefficient (Wildman–Crippen LogP) is 3.27. The first kappa shape index (κ1) is 20.9. The summed E-state index contributed by atoms with van der Waals surface area (Å²) in [5, 5.41) is 6.08. The molecule has 31 heavy (non-hydrogen) atoms. The largest absolute Gasteiger partial charge is 0.494 e. The Balaban J connectivity index is 1.77. The van der Waals surface area contributed by atoms with Gasteiger partial charge in [-0.15, -0.1) is 0 Å². The molecule has 0 radical (unpaired) electrons. The quantitative estimate of drug-likeness (QED) is 0.554. The molecule has 0 atom stereocenters. The monoisotopic (exact) mass is 447 g/mol. The lowest BCUT2D eigenvalue weighted by Gasteiger charge is -2.14. The summed E-state index contributed by atoms with van der Waals surface area (Å²) >= 11 is 0. The molecule has 8 nitrogen and oxygen atoms in total. The molecule has 0 spiro atoms. The van der Waals surface area contributed by atoms with Crippen LogP contribution in [0.4, 0.5) is 26.2 Å². The molecule has 0 fully saturated rings. The topological polar surface area (TPSA) is 105 Å². The maximum Gasteiger partial charge on any atom is 0.240 e. The predicted molar refractivity (Wildman–Crippen MR) is 112 cm³/mol. The van der Waals surface area contributed by atoms with Crippen molar-refractivity contribution in [1.82, 2.24) is 14.7 Å². The van der Waals surface area contributed by atoms with Crippen molar-refractivity contribution >= 4 is 27.5 Å². The third-order valence-corrected chi connectivity index (χ3v) is 6.11. The van der Waals surface area contributed by atoms with Crippen LogP contribution in [0.3, 0.4) is 0 Å². The van der Waals surface area contributed by atoms with Crippen LogP contribution in [0.1, 0.15) is 6.42 Å². The van der Waals surface area contributed by atoms with Crippen LogP contribution in [0.15, 0.2) is 47.5 Å². The van der Waals surface area contributed by atoms with E-state index in [9.17, 15) is 17.2 Å². The second-order valence-electron chi connectivity index (χ2n) is 6.76. The summed E-state index contributed by atoms with van der Waals surface area (Å²) in [5.41, 5.74) is 1.25. The summed E-state index contributed by atoms with van der Waals surface area (Å²) in [6, 6.07) is 8.67. The van der Waals surface area contributed by atoms with Gasteiger partial charge >= 0.3 is 0 Å². The van der Waals surface area contributed by atoms with Gasteiger partial charge in [-0.25, -0.2) is 22.5 Å². The van der Waals surface area contributed by atoms with Crippen molar-refractivity contribution in [3.8, 4) is 16.9 Å². The first-order valence-electron chi connectivity index (χ1n) is 9.38. The van der Waals surface area contributed by atoms with E-state index in [1.807, 2.05) is 0 Å². The third kappa shape index (κ3) is 4.42. The minimum Gasteiger partial charge on any atom is -0.494 e. The molecule has 1 aliphatic heterocycles. The van der Waals surface area contributed by atoms with Crippen LogP contribution in [-0.2, 0) is 10.0 Å². The van der Waals surface area contributed by atoms with E-state index in [0.29, 0.717) is 35.6 Å². The standard InChI is InChI=1S/C20H19F2N5O3S/c1-30-17-9-12(8-16(21)18(17)22)15-11-24-20-26-13-4-2-5-14(10-13)31(28,29)25-7-3-6-23-19(15)27-20/h2,4-5,8-11,25H,3,6-7H2,1H3,(H2,23,24,26,27). The van der Waals surface area contributed by atoms with E-state index < -0.39 is 21.7 Å². The van der Waals surface area contributed by atoms with Crippen LogP contribution in [0.25, 0.3) is 11.1 Å². The molecule has 11 heteroatoms. The molecule has 1 aliphatic rings. The zero-order valence-electron chi connectivity index (χ0n) is 16.4. The SMILES string of the molecule is COc1cc(-c2cnc3nc2NCCCNS(=O)(=O)c2cccc(c2)N3)cc(F)c1F. The molecule has 3 N–H and O–H groups in total. The normalized spacial score (nSPS) is 15.5. The number of sulfonamides is 1. The zero-order chi connectivity index (χ0) is 22.0. The Morgan fingerprint density at radius 2 is 1.97 bits per heavy atom. The number of aromatic nitrogens is 2. The van der Waals surface area contributed by atoms with Crippen LogP contribution < -0.4 is 20.1 Å². The Morgan fingerprint density at radius 3 is 2.77 bits per heavy atom. The van der Waals surface area contributed by atoms with Crippen molar-refractivity contribution in [2.75, 3.05) is 30.8 Å². The van der Waals surface area contributed by atoms with Gasteiger partial charge in [-0.3, -0.25) is 0 Å². The number of nitrogens with zero attached hydrogens (tertiary/aromatic N) is 2. The highest BCUT2D eigenvalue weighted by molar-refractivity contribution is 7.89. The molecular weight excluding hydrogens is 428 g/mol. The summed E-state index contributed by atoms with van der Waals surface area (Å²) in [6.45, 7) is 0.587. The van der Waals surface area contributed by atoms with E-state index in [1.54, 1.807) is 12.1 Å². The number of hydrogen-bond donors (Lipinski definition) is 3. The smallest absolute Gasteiger partial charge is 0.240 e. The number of halogens is 2. The Kier molecular flexibility index (Phi) is 5.70. The van der Waals surface area contributed by atoms with Gasteiger partial charge in [0.2, 0.25) is 21.8 Å². The molecule has 162 valence electrons. The fourth-order valence-electron chi connectivity index (χ4n) is 3.11. The highest BCUT2D eigenvalue weighted by Gasteiger charge is 2.18. The fourth-order valence-corrected chi connectivity index (χ4v) is 4.23. The van der Waals surface area contributed by atoms with Gasteiger partial charge < -0.3 is 15.4 Å². The van der Waals surface area contributed by atoms with Crippen molar-refractivity contribution in [2.24, 2.45) is 0 Å². The third-order valence-electron chi connectivity index (χ3n) is 4.65. The van der Waals surface area contributed by atoms with Gasteiger partial charge in [0.1, 0.15) is 5.82 Å². The van der Waals surface area contributed by atoms with Gasteiger partial charge in [0, 0.05) is 30.5 Å². The summed E-state index contributed by atoms with van der Waals surface area (Å²) in [7, 11) is -2.40. The Hall–Kier alpha value is -3.31. The molecule has 0 aliphatic carbocycles. The number of benzene rings is 2. The van der Waals surface area contributed by atoms with Gasteiger partial charge in [-0.05, 0) is 42.3 Å². The summed E-state index contributed by atoms with van der Waals surface area (Å²) in [5.74, 6) is -1.78. The molecular formula is C20H19F2N5O3S. The lowest BCUT2D eigenvalue weighted by molar-refractivity contribution is 0.372. The fraction of sp³-hybridized carbons (Fsp3) is 0.200. The van der Waals surface area contributed by atoms with E-state index in [2.05, 4.69) is 25.3 Å². The van der Waals surface area contributed by atoms with Gasteiger partial charge in [0.05, 0.1) is 12.0 Å². The maximum atomic E-state index is 14.0. The molecule has 4 rings (SSSR count). The van der Waals surface area contributed by atoms with Crippen molar-refractivity contribution < 1.29 is 21.9 Å². The molecule has 0 unspecified atom stereocenters. The molecule has 3 aromatic rings. The van der Waals surface area contributed by atoms with Gasteiger partial charge in [-0.1, -0.05) is 6.07 Å². The molecule has 2 aromatic carbocycles. The molecule has 2 heterocycles. The van der Waals surface area contributed by atoms with E-state index in [0.717, 1.165) is 6.07 Å². The number of ether oxygens (including phenoxy) is 1. The Bertz CT molecular complexity index is 1240. The van der Waals surface area contributed by atoms with E-state index in [4.69, 9.17) is 4.74 Å². The number of anilines is 3.